The zero-order valence-corrected chi connectivity index (χ0v) is 18.5. The van der Waals surface area contributed by atoms with Gasteiger partial charge in [0.1, 0.15) is 23.7 Å². The summed E-state index contributed by atoms with van der Waals surface area (Å²) in [6.45, 7) is 0.558. The summed E-state index contributed by atoms with van der Waals surface area (Å²) in [5, 5.41) is 2.15. The first-order chi connectivity index (χ1) is 16.1. The van der Waals surface area contributed by atoms with Gasteiger partial charge in [-0.25, -0.2) is 17.6 Å². The quantitative estimate of drug-likeness (QED) is 0.503. The topological polar surface area (TPSA) is 74.6 Å². The molecule has 1 amide bonds. The van der Waals surface area contributed by atoms with Gasteiger partial charge in [-0.05, 0) is 32.6 Å². The van der Waals surface area contributed by atoms with Crippen LogP contribution in [0.4, 0.5) is 26.3 Å². The molecule has 1 atom stereocenters. The Morgan fingerprint density at radius 2 is 1.79 bits per heavy atom. The lowest BCUT2D eigenvalue weighted by molar-refractivity contribution is -0.133. The number of aryl methyl sites for hydroxylation is 1. The fourth-order valence-electron chi connectivity index (χ4n) is 3.72. The first kappa shape index (κ1) is 25.9. The number of carbonyl (C=O) groups excluding carboxylic acids is 1. The molecule has 0 radical (unpaired) electrons. The van der Waals surface area contributed by atoms with Crippen molar-refractivity contribution in [3.8, 4) is 11.8 Å². The molecule has 0 bridgehead atoms. The van der Waals surface area contributed by atoms with Crippen molar-refractivity contribution < 1.29 is 45.3 Å². The third-order valence-electron chi connectivity index (χ3n) is 5.39. The molecule has 0 aliphatic heterocycles. The maximum atomic E-state index is 14.7. The molecule has 3 rings (SSSR count). The number of hydrogen-bond donors (Lipinski definition) is 1. The average Bonchev–Trinajstić information content (AvgIpc) is 3.11. The van der Waals surface area contributed by atoms with Crippen molar-refractivity contribution in [1.82, 2.24) is 14.9 Å². The monoisotopic (exact) mass is 497 g/mol. The molecule has 7 nitrogen and oxygen atoms in total. The number of aromatic nitrogens is 2. The van der Waals surface area contributed by atoms with Gasteiger partial charge in [-0.1, -0.05) is 0 Å². The first-order valence-corrected chi connectivity index (χ1v) is 10.7. The Balaban J connectivity index is 1.57. The van der Waals surface area contributed by atoms with E-state index in [9.17, 15) is 31.1 Å². The van der Waals surface area contributed by atoms with Crippen LogP contribution in [0.3, 0.4) is 0 Å². The minimum Gasteiger partial charge on any atom is -0.484 e. The molecular weight excluding hydrogens is 472 g/mol. The number of nitrogens with zero attached hydrogens (tertiary/aromatic N) is 2. The predicted octanol–water partition coefficient (Wildman–Crippen LogP) is 3.97. The lowest BCUT2D eigenvalue weighted by Crippen LogP contribution is -2.40. The van der Waals surface area contributed by atoms with Gasteiger partial charge in [0.25, 0.3) is 18.3 Å². The summed E-state index contributed by atoms with van der Waals surface area (Å²) in [5.74, 6) is -3.95. The van der Waals surface area contributed by atoms with Crippen LogP contribution in [0.25, 0.3) is 11.0 Å². The van der Waals surface area contributed by atoms with Crippen LogP contribution < -0.4 is 14.8 Å². The molecule has 1 fully saturated rings. The minimum absolute atomic E-state index is 0.0356. The van der Waals surface area contributed by atoms with Gasteiger partial charge in [-0.2, -0.15) is 13.8 Å². The second kappa shape index (κ2) is 11.2. The van der Waals surface area contributed by atoms with E-state index in [2.05, 4.69) is 15.0 Å². The fourth-order valence-corrected chi connectivity index (χ4v) is 3.72. The molecule has 13 heteroatoms. The summed E-state index contributed by atoms with van der Waals surface area (Å²) in [5.41, 5.74) is -0.577. The van der Waals surface area contributed by atoms with E-state index in [1.807, 2.05) is 0 Å². The lowest BCUT2D eigenvalue weighted by atomic mass is 9.95. The summed E-state index contributed by atoms with van der Waals surface area (Å²) >= 11 is 0. The van der Waals surface area contributed by atoms with Crippen molar-refractivity contribution in [3.63, 3.8) is 0 Å². The number of ether oxygens (including phenoxy) is 3. The van der Waals surface area contributed by atoms with Crippen LogP contribution in [0.5, 0.6) is 11.8 Å². The Labute approximate surface area is 191 Å². The normalized spacial score (nSPS) is 19.6. The second-order valence-corrected chi connectivity index (χ2v) is 8.08. The summed E-state index contributed by atoms with van der Waals surface area (Å²) < 4.78 is 95.8. The standard InChI is InChI=1S/C21H25F6N3O4/c1-10(28-20(31)19(26)27)8-32-11-3-5-12(6-4-11)34-21-29-17-13(22)7-14(33-9-15(23)24)16(25)18(17)30(21)2/h7,10-12,15,19H,3-6,8-9H2,1-2H3,(H,28,31)/t10-,11?,12?/m0/s1. The van der Waals surface area contributed by atoms with Gasteiger partial charge in [0, 0.05) is 19.2 Å². The van der Waals surface area contributed by atoms with Crippen molar-refractivity contribution in [2.24, 2.45) is 7.05 Å². The van der Waals surface area contributed by atoms with Crippen molar-refractivity contribution in [2.75, 3.05) is 13.2 Å². The van der Waals surface area contributed by atoms with E-state index < -0.39 is 48.8 Å². The van der Waals surface area contributed by atoms with Gasteiger partial charge in [0.05, 0.1) is 12.7 Å². The molecule has 1 N–H and O–H groups in total. The Kier molecular flexibility index (Phi) is 8.50. The van der Waals surface area contributed by atoms with Gasteiger partial charge in [0.15, 0.2) is 17.4 Å². The number of fused-ring (bicyclic) bond motifs is 1. The van der Waals surface area contributed by atoms with Crippen molar-refractivity contribution in [1.29, 1.82) is 0 Å². The van der Waals surface area contributed by atoms with E-state index in [-0.39, 0.29) is 35.9 Å². The van der Waals surface area contributed by atoms with Crippen LogP contribution in [0.1, 0.15) is 32.6 Å². The summed E-state index contributed by atoms with van der Waals surface area (Å²) in [4.78, 5) is 15.0. The largest absolute Gasteiger partial charge is 0.484 e. The number of benzene rings is 1. The fraction of sp³-hybridized carbons (Fsp3) is 0.619. The third kappa shape index (κ3) is 6.24. The smallest absolute Gasteiger partial charge is 0.315 e. The number of imidazole rings is 1. The Morgan fingerprint density at radius 1 is 1.15 bits per heavy atom. The zero-order chi connectivity index (χ0) is 25.0. The van der Waals surface area contributed by atoms with E-state index in [1.165, 1.54) is 11.6 Å². The number of nitrogens with one attached hydrogen (secondary N) is 1. The molecule has 34 heavy (non-hydrogen) atoms. The molecule has 1 heterocycles. The summed E-state index contributed by atoms with van der Waals surface area (Å²) in [6, 6.07) is 0.0609. The molecule has 2 aromatic rings. The van der Waals surface area contributed by atoms with Gasteiger partial charge in [-0.3, -0.25) is 9.36 Å². The van der Waals surface area contributed by atoms with E-state index in [0.717, 1.165) is 0 Å². The van der Waals surface area contributed by atoms with Crippen molar-refractivity contribution in [2.45, 2.75) is 63.7 Å². The summed E-state index contributed by atoms with van der Waals surface area (Å²) in [6.07, 6.45) is -4.16. The third-order valence-corrected chi connectivity index (χ3v) is 5.39. The molecule has 1 aromatic heterocycles. The van der Waals surface area contributed by atoms with Gasteiger partial charge >= 0.3 is 6.43 Å². The Morgan fingerprint density at radius 3 is 2.41 bits per heavy atom. The van der Waals surface area contributed by atoms with Crippen LogP contribution in [-0.4, -0.2) is 59.8 Å². The highest BCUT2D eigenvalue weighted by Crippen LogP contribution is 2.33. The van der Waals surface area contributed by atoms with E-state index in [1.54, 1.807) is 6.92 Å². The molecule has 0 unspecified atom stereocenters. The summed E-state index contributed by atoms with van der Waals surface area (Å²) in [7, 11) is 1.41. The predicted molar refractivity (Wildman–Crippen MR) is 108 cm³/mol. The number of rotatable bonds is 10. The maximum Gasteiger partial charge on any atom is 0.315 e. The van der Waals surface area contributed by atoms with Crippen LogP contribution in [0, 0.1) is 11.6 Å². The first-order valence-electron chi connectivity index (χ1n) is 10.7. The number of halogens is 6. The number of hydrogen-bond acceptors (Lipinski definition) is 5. The van der Waals surface area contributed by atoms with Crippen LogP contribution in [0.15, 0.2) is 6.07 Å². The molecule has 1 aliphatic carbocycles. The van der Waals surface area contributed by atoms with Crippen LogP contribution in [-0.2, 0) is 16.6 Å². The highest BCUT2D eigenvalue weighted by molar-refractivity contribution is 5.80. The molecule has 190 valence electrons. The number of amides is 1. The number of alkyl halides is 4. The minimum atomic E-state index is -3.09. The molecule has 1 aliphatic rings. The van der Waals surface area contributed by atoms with E-state index >= 15 is 0 Å². The van der Waals surface area contributed by atoms with Crippen LogP contribution >= 0.6 is 0 Å². The molecule has 1 saturated carbocycles. The highest BCUT2D eigenvalue weighted by atomic mass is 19.3. The highest BCUT2D eigenvalue weighted by Gasteiger charge is 2.27. The van der Waals surface area contributed by atoms with Crippen LogP contribution in [0.2, 0.25) is 0 Å². The molecule has 1 aromatic carbocycles. The van der Waals surface area contributed by atoms with Crippen molar-refractivity contribution >= 4 is 16.9 Å². The average molecular weight is 497 g/mol. The maximum absolute atomic E-state index is 14.7. The van der Waals surface area contributed by atoms with Gasteiger partial charge in [-0.15, -0.1) is 0 Å². The Bertz CT molecular complexity index is 995. The second-order valence-electron chi connectivity index (χ2n) is 8.08. The Hall–Kier alpha value is -2.70. The lowest BCUT2D eigenvalue weighted by Gasteiger charge is -2.29. The number of carbonyl (C=O) groups is 1. The molecule has 0 saturated heterocycles. The van der Waals surface area contributed by atoms with Gasteiger partial charge in [0.2, 0.25) is 0 Å². The SMILES string of the molecule is C[C@@H](COC1CCC(Oc2nc3c(F)cc(OCC(F)F)c(F)c3n2C)CC1)NC(=O)C(F)F. The molecular formula is C21H25F6N3O4. The zero-order valence-electron chi connectivity index (χ0n) is 18.5. The molecule has 0 spiro atoms. The van der Waals surface area contributed by atoms with E-state index in [4.69, 9.17) is 9.47 Å². The van der Waals surface area contributed by atoms with E-state index in [0.29, 0.717) is 31.7 Å². The van der Waals surface area contributed by atoms with Gasteiger partial charge < -0.3 is 19.5 Å². The van der Waals surface area contributed by atoms with Crippen molar-refractivity contribution in [3.05, 3.63) is 17.7 Å².